The third-order valence-electron chi connectivity index (χ3n) is 2.76. The summed E-state index contributed by atoms with van der Waals surface area (Å²) in [6.45, 7) is 2.74. The third-order valence-corrected chi connectivity index (χ3v) is 5.03. The van der Waals surface area contributed by atoms with Gasteiger partial charge < -0.3 is 4.90 Å². The molecule has 0 bridgehead atoms. The minimum absolute atomic E-state index is 0.353. The molecule has 1 saturated heterocycles. The van der Waals surface area contributed by atoms with Gasteiger partial charge in [-0.05, 0) is 32.4 Å². The first kappa shape index (κ1) is 13.5. The first-order valence-electron chi connectivity index (χ1n) is 5.63. The summed E-state index contributed by atoms with van der Waals surface area (Å²) < 4.78 is 22.7. The number of halogens is 1. The van der Waals surface area contributed by atoms with E-state index in [1.807, 2.05) is 0 Å². The highest BCUT2D eigenvalue weighted by atomic mass is 79.9. The molecule has 1 heterocycles. The minimum Gasteiger partial charge on any atom is -0.302 e. The number of alkyl halides is 1. The van der Waals surface area contributed by atoms with Crippen LogP contribution in [0.2, 0.25) is 0 Å². The second-order valence-corrected chi connectivity index (χ2v) is 7.19. The van der Waals surface area contributed by atoms with E-state index in [2.05, 4.69) is 20.8 Å². The number of unbranched alkanes of at least 4 members (excludes halogenated alkanes) is 2. The molecule has 0 N–H and O–H groups in total. The molecular weight excluding hydrogens is 278 g/mol. The van der Waals surface area contributed by atoms with Crippen molar-refractivity contribution in [2.24, 2.45) is 0 Å². The van der Waals surface area contributed by atoms with Gasteiger partial charge in [0.15, 0.2) is 9.84 Å². The lowest BCUT2D eigenvalue weighted by molar-refractivity contribution is 0.288. The molecule has 0 aromatic heterocycles. The van der Waals surface area contributed by atoms with Crippen molar-refractivity contribution in [1.82, 2.24) is 4.90 Å². The summed E-state index contributed by atoms with van der Waals surface area (Å²) in [6.07, 6.45) is 4.44. The van der Waals surface area contributed by atoms with Gasteiger partial charge in [0, 0.05) is 11.9 Å². The Morgan fingerprint density at radius 2 is 1.87 bits per heavy atom. The molecule has 0 spiro atoms. The molecule has 0 aromatic rings. The fraction of sp³-hybridized carbons (Fsp3) is 1.00. The summed E-state index contributed by atoms with van der Waals surface area (Å²) in [5, 5.41) is 1.07. The van der Waals surface area contributed by atoms with Crippen LogP contribution in [0.4, 0.5) is 0 Å². The standard InChI is InChI=1S/C10H20BrNO2S/c11-5-2-1-3-6-12-7-4-9-15(13,14)10-8-12/h1-10H2. The van der Waals surface area contributed by atoms with Gasteiger partial charge in [-0.2, -0.15) is 0 Å². The highest BCUT2D eigenvalue weighted by molar-refractivity contribution is 9.09. The van der Waals surface area contributed by atoms with Gasteiger partial charge in [-0.1, -0.05) is 22.4 Å². The first-order chi connectivity index (χ1) is 7.14. The maximum Gasteiger partial charge on any atom is 0.151 e. The molecule has 1 aliphatic heterocycles. The summed E-state index contributed by atoms with van der Waals surface area (Å²) >= 11 is 3.41. The number of nitrogens with zero attached hydrogens (tertiary/aromatic N) is 1. The van der Waals surface area contributed by atoms with E-state index in [0.29, 0.717) is 11.5 Å². The molecule has 3 nitrogen and oxygen atoms in total. The molecule has 0 saturated carbocycles. The zero-order valence-electron chi connectivity index (χ0n) is 9.12. The van der Waals surface area contributed by atoms with Crippen LogP contribution in [0.3, 0.4) is 0 Å². The van der Waals surface area contributed by atoms with E-state index < -0.39 is 9.84 Å². The van der Waals surface area contributed by atoms with Crippen LogP contribution in [0.5, 0.6) is 0 Å². The van der Waals surface area contributed by atoms with Crippen LogP contribution < -0.4 is 0 Å². The van der Waals surface area contributed by atoms with Crippen molar-refractivity contribution < 1.29 is 8.42 Å². The summed E-state index contributed by atoms with van der Waals surface area (Å²) in [5.74, 6) is 0.732. The normalized spacial score (nSPS) is 22.5. The van der Waals surface area contributed by atoms with E-state index in [9.17, 15) is 8.42 Å². The number of rotatable bonds is 5. The van der Waals surface area contributed by atoms with E-state index in [1.165, 1.54) is 19.3 Å². The number of sulfone groups is 1. The smallest absolute Gasteiger partial charge is 0.151 e. The predicted molar refractivity (Wildman–Crippen MR) is 67.4 cm³/mol. The Kier molecular flexibility index (Phi) is 6.16. The van der Waals surface area contributed by atoms with Crippen LogP contribution in [0.1, 0.15) is 25.7 Å². The second-order valence-electron chi connectivity index (χ2n) is 4.10. The van der Waals surface area contributed by atoms with Crippen molar-refractivity contribution >= 4 is 25.8 Å². The van der Waals surface area contributed by atoms with Crippen molar-refractivity contribution in [2.45, 2.75) is 25.7 Å². The van der Waals surface area contributed by atoms with Crippen molar-refractivity contribution in [1.29, 1.82) is 0 Å². The molecule has 0 unspecified atom stereocenters. The van der Waals surface area contributed by atoms with Crippen molar-refractivity contribution in [3.05, 3.63) is 0 Å². The Hall–Kier alpha value is 0.390. The van der Waals surface area contributed by atoms with E-state index in [-0.39, 0.29) is 0 Å². The quantitative estimate of drug-likeness (QED) is 0.572. The average molecular weight is 298 g/mol. The van der Waals surface area contributed by atoms with Crippen LogP contribution in [0, 0.1) is 0 Å². The molecule has 0 radical (unpaired) electrons. The summed E-state index contributed by atoms with van der Waals surface area (Å²) in [4.78, 5) is 2.29. The molecular formula is C10H20BrNO2S. The molecule has 0 aromatic carbocycles. The third kappa shape index (κ3) is 5.88. The zero-order chi connectivity index (χ0) is 11.1. The van der Waals surface area contributed by atoms with Gasteiger partial charge in [0.2, 0.25) is 0 Å². The Bertz CT molecular complexity index is 267. The van der Waals surface area contributed by atoms with Gasteiger partial charge in [-0.15, -0.1) is 0 Å². The molecule has 1 rings (SSSR count). The van der Waals surface area contributed by atoms with E-state index in [0.717, 1.165) is 31.4 Å². The number of hydrogen-bond acceptors (Lipinski definition) is 3. The molecule has 1 aliphatic rings. The Balaban J connectivity index is 2.20. The van der Waals surface area contributed by atoms with E-state index in [1.54, 1.807) is 0 Å². The van der Waals surface area contributed by atoms with Crippen molar-refractivity contribution in [3.63, 3.8) is 0 Å². The van der Waals surface area contributed by atoms with Gasteiger partial charge in [0.05, 0.1) is 11.5 Å². The highest BCUT2D eigenvalue weighted by Crippen LogP contribution is 2.07. The summed E-state index contributed by atoms with van der Waals surface area (Å²) in [5.41, 5.74) is 0. The molecule has 5 heteroatoms. The SMILES string of the molecule is O=S1(=O)CCCN(CCCCCBr)CC1. The van der Waals surface area contributed by atoms with E-state index in [4.69, 9.17) is 0 Å². The largest absolute Gasteiger partial charge is 0.302 e. The van der Waals surface area contributed by atoms with Gasteiger partial charge in [0.25, 0.3) is 0 Å². The first-order valence-corrected chi connectivity index (χ1v) is 8.57. The molecule has 0 amide bonds. The topological polar surface area (TPSA) is 37.4 Å². The Morgan fingerprint density at radius 3 is 2.60 bits per heavy atom. The lowest BCUT2D eigenvalue weighted by atomic mass is 10.2. The average Bonchev–Trinajstić information content (AvgIpc) is 2.35. The molecule has 90 valence electrons. The van der Waals surface area contributed by atoms with Gasteiger partial charge in [-0.3, -0.25) is 0 Å². The predicted octanol–water partition coefficient (Wildman–Crippen LogP) is 1.67. The maximum atomic E-state index is 11.4. The maximum absolute atomic E-state index is 11.4. The zero-order valence-corrected chi connectivity index (χ0v) is 11.5. The van der Waals surface area contributed by atoms with Gasteiger partial charge in [-0.25, -0.2) is 8.42 Å². The van der Waals surface area contributed by atoms with Crippen LogP contribution in [-0.2, 0) is 9.84 Å². The van der Waals surface area contributed by atoms with Crippen LogP contribution >= 0.6 is 15.9 Å². The minimum atomic E-state index is -2.74. The van der Waals surface area contributed by atoms with Crippen molar-refractivity contribution in [3.8, 4) is 0 Å². The molecule has 1 fully saturated rings. The fourth-order valence-corrected chi connectivity index (χ4v) is 3.53. The molecule has 0 atom stereocenters. The van der Waals surface area contributed by atoms with E-state index >= 15 is 0 Å². The van der Waals surface area contributed by atoms with Crippen LogP contribution in [-0.4, -0.2) is 49.8 Å². The fourth-order valence-electron chi connectivity index (χ4n) is 1.82. The van der Waals surface area contributed by atoms with Crippen LogP contribution in [0.15, 0.2) is 0 Å². The Morgan fingerprint density at radius 1 is 1.07 bits per heavy atom. The van der Waals surface area contributed by atoms with Crippen molar-refractivity contribution in [2.75, 3.05) is 36.5 Å². The monoisotopic (exact) mass is 297 g/mol. The summed E-state index contributed by atoms with van der Waals surface area (Å²) in [7, 11) is -2.74. The van der Waals surface area contributed by atoms with Gasteiger partial charge >= 0.3 is 0 Å². The summed E-state index contributed by atoms with van der Waals surface area (Å²) in [6, 6.07) is 0. The number of hydrogen-bond donors (Lipinski definition) is 0. The molecule has 15 heavy (non-hydrogen) atoms. The highest BCUT2D eigenvalue weighted by Gasteiger charge is 2.18. The van der Waals surface area contributed by atoms with Crippen LogP contribution in [0.25, 0.3) is 0 Å². The lowest BCUT2D eigenvalue weighted by Gasteiger charge is -2.18. The Labute approximate surface area is 101 Å². The molecule has 0 aliphatic carbocycles. The van der Waals surface area contributed by atoms with Gasteiger partial charge in [0.1, 0.15) is 0 Å². The lowest BCUT2D eigenvalue weighted by Crippen LogP contribution is -2.28. The second kappa shape index (κ2) is 6.86.